The van der Waals surface area contributed by atoms with Crippen molar-refractivity contribution in [2.24, 2.45) is 5.10 Å². The van der Waals surface area contributed by atoms with E-state index < -0.39 is 5.91 Å². The van der Waals surface area contributed by atoms with Crippen LogP contribution in [0.3, 0.4) is 0 Å². The van der Waals surface area contributed by atoms with Crippen molar-refractivity contribution < 1.29 is 23.7 Å². The highest BCUT2D eigenvalue weighted by atomic mass is 16.5. The molecule has 0 atom stereocenters. The number of hydrogen-bond acceptors (Lipinski definition) is 8. The number of nitrogens with zero attached hydrogens (tertiary/aromatic N) is 3. The minimum absolute atomic E-state index is 0.137. The molecule has 0 spiro atoms. The van der Waals surface area contributed by atoms with Gasteiger partial charge in [0.15, 0.2) is 11.5 Å². The molecule has 0 fully saturated rings. The molecule has 2 aromatic carbocycles. The summed E-state index contributed by atoms with van der Waals surface area (Å²) in [5, 5.41) is 4.00. The molecule has 9 nitrogen and oxygen atoms in total. The third-order valence-corrected chi connectivity index (χ3v) is 4.40. The summed E-state index contributed by atoms with van der Waals surface area (Å²) in [6, 6.07) is 10.8. The number of hydrazone groups is 1. The van der Waals surface area contributed by atoms with Gasteiger partial charge in [-0.2, -0.15) is 5.10 Å². The molecule has 1 heterocycles. The lowest BCUT2D eigenvalue weighted by Crippen LogP contribution is -2.19. The number of carbonyl (C=O) groups is 1. The summed E-state index contributed by atoms with van der Waals surface area (Å²) in [6.07, 6.45) is 4.43. The fourth-order valence-electron chi connectivity index (χ4n) is 2.90. The molecule has 9 heteroatoms. The third kappa shape index (κ3) is 5.31. The zero-order valence-corrected chi connectivity index (χ0v) is 18.3. The van der Waals surface area contributed by atoms with Crippen LogP contribution in [0.15, 0.2) is 53.9 Å². The second-order valence-electron chi connectivity index (χ2n) is 6.40. The van der Waals surface area contributed by atoms with Gasteiger partial charge in [-0.05, 0) is 43.3 Å². The lowest BCUT2D eigenvalue weighted by molar-refractivity contribution is 0.0950. The first-order valence-electron chi connectivity index (χ1n) is 9.78. The first kappa shape index (κ1) is 22.5. The summed E-state index contributed by atoms with van der Waals surface area (Å²) >= 11 is 0. The minimum Gasteiger partial charge on any atom is -0.494 e. The lowest BCUT2D eigenvalue weighted by Gasteiger charge is -2.12. The minimum atomic E-state index is -0.492. The van der Waals surface area contributed by atoms with E-state index >= 15 is 0 Å². The normalized spacial score (nSPS) is 10.6. The second kappa shape index (κ2) is 10.8. The molecule has 0 aliphatic carbocycles. The monoisotopic (exact) mass is 436 g/mol. The molecule has 0 radical (unpaired) electrons. The third-order valence-electron chi connectivity index (χ3n) is 4.40. The fourth-order valence-corrected chi connectivity index (χ4v) is 2.90. The molecule has 1 N–H and O–H groups in total. The Labute approximate surface area is 186 Å². The van der Waals surface area contributed by atoms with E-state index in [1.165, 1.54) is 33.7 Å². The summed E-state index contributed by atoms with van der Waals surface area (Å²) in [5.41, 5.74) is 4.62. The van der Waals surface area contributed by atoms with Crippen LogP contribution in [0.25, 0.3) is 11.3 Å². The number of ether oxygens (including phenoxy) is 4. The highest BCUT2D eigenvalue weighted by Gasteiger charge is 2.13. The van der Waals surface area contributed by atoms with Crippen molar-refractivity contribution in [1.29, 1.82) is 0 Å². The molecule has 0 aliphatic heterocycles. The maximum atomic E-state index is 12.5. The number of carbonyl (C=O) groups excluding carboxylic acids is 1. The van der Waals surface area contributed by atoms with Crippen molar-refractivity contribution in [1.82, 2.24) is 15.4 Å². The van der Waals surface area contributed by atoms with E-state index in [4.69, 9.17) is 18.9 Å². The molecule has 0 unspecified atom stereocenters. The zero-order valence-electron chi connectivity index (χ0n) is 18.3. The van der Waals surface area contributed by atoms with Crippen LogP contribution >= 0.6 is 0 Å². The van der Waals surface area contributed by atoms with Crippen molar-refractivity contribution in [3.8, 4) is 34.3 Å². The Morgan fingerprint density at radius 1 is 1.03 bits per heavy atom. The topological polar surface area (TPSA) is 104 Å². The summed E-state index contributed by atoms with van der Waals surface area (Å²) in [5.74, 6) is 1.70. The van der Waals surface area contributed by atoms with Crippen molar-refractivity contribution in [2.45, 2.75) is 6.92 Å². The molecule has 3 rings (SSSR count). The van der Waals surface area contributed by atoms with Crippen LogP contribution in [0.4, 0.5) is 0 Å². The molecule has 1 aromatic heterocycles. The first-order valence-corrected chi connectivity index (χ1v) is 9.78. The Balaban J connectivity index is 1.73. The predicted molar refractivity (Wildman–Crippen MR) is 120 cm³/mol. The van der Waals surface area contributed by atoms with Crippen molar-refractivity contribution >= 4 is 12.1 Å². The Bertz CT molecular complexity index is 1070. The van der Waals surface area contributed by atoms with E-state index in [1.807, 2.05) is 31.2 Å². The van der Waals surface area contributed by atoms with Crippen LogP contribution in [0, 0.1) is 0 Å². The largest absolute Gasteiger partial charge is 0.494 e. The summed E-state index contributed by atoms with van der Waals surface area (Å²) in [7, 11) is 4.57. The molecule has 166 valence electrons. The van der Waals surface area contributed by atoms with Crippen molar-refractivity contribution in [3.63, 3.8) is 0 Å². The second-order valence-corrected chi connectivity index (χ2v) is 6.40. The van der Waals surface area contributed by atoms with E-state index in [-0.39, 0.29) is 5.69 Å². The van der Waals surface area contributed by atoms with E-state index in [0.717, 1.165) is 11.3 Å². The maximum absolute atomic E-state index is 12.5. The average Bonchev–Trinajstić information content (AvgIpc) is 2.84. The number of amides is 1. The van der Waals surface area contributed by atoms with Gasteiger partial charge in [-0.15, -0.1) is 0 Å². The molecular weight excluding hydrogens is 412 g/mol. The number of methoxy groups -OCH3 is 3. The molecule has 0 aliphatic rings. The standard InChI is InChI=1S/C23H24N4O5/c1-5-32-17-8-6-16(7-9-17)18-13-24-14-19(26-18)23(28)27-25-12-15-10-20(29-2)22(31-4)21(11-15)30-3/h6-14H,5H2,1-4H3,(H,27,28). The van der Waals surface area contributed by atoms with Gasteiger partial charge in [-0.3, -0.25) is 9.78 Å². The Morgan fingerprint density at radius 2 is 1.72 bits per heavy atom. The Hall–Kier alpha value is -4.14. The van der Waals surface area contributed by atoms with Gasteiger partial charge in [-0.25, -0.2) is 10.4 Å². The van der Waals surface area contributed by atoms with E-state index in [1.54, 1.807) is 18.3 Å². The predicted octanol–water partition coefficient (Wildman–Crippen LogP) is 3.33. The molecule has 3 aromatic rings. The smallest absolute Gasteiger partial charge is 0.291 e. The van der Waals surface area contributed by atoms with E-state index in [9.17, 15) is 4.79 Å². The summed E-state index contributed by atoms with van der Waals surface area (Å²) < 4.78 is 21.4. The molecule has 32 heavy (non-hydrogen) atoms. The van der Waals surface area contributed by atoms with Gasteiger partial charge in [0.2, 0.25) is 5.75 Å². The van der Waals surface area contributed by atoms with Gasteiger partial charge in [0.05, 0.1) is 52.2 Å². The van der Waals surface area contributed by atoms with Crippen LogP contribution in [0.1, 0.15) is 23.0 Å². The summed E-state index contributed by atoms with van der Waals surface area (Å²) in [6.45, 7) is 2.51. The Morgan fingerprint density at radius 3 is 2.31 bits per heavy atom. The van der Waals surface area contributed by atoms with Crippen LogP contribution < -0.4 is 24.4 Å². The zero-order chi connectivity index (χ0) is 22.9. The number of nitrogens with one attached hydrogen (secondary N) is 1. The Kier molecular flexibility index (Phi) is 7.58. The van der Waals surface area contributed by atoms with E-state index in [0.29, 0.717) is 35.1 Å². The van der Waals surface area contributed by atoms with Gasteiger partial charge in [-0.1, -0.05) is 0 Å². The van der Waals surface area contributed by atoms with E-state index in [2.05, 4.69) is 20.5 Å². The molecule has 0 saturated heterocycles. The number of rotatable bonds is 9. The van der Waals surface area contributed by atoms with Crippen LogP contribution in [0.5, 0.6) is 23.0 Å². The van der Waals surface area contributed by atoms with Crippen LogP contribution in [-0.2, 0) is 0 Å². The van der Waals surface area contributed by atoms with Gasteiger partial charge in [0.1, 0.15) is 11.4 Å². The van der Waals surface area contributed by atoms with Gasteiger partial charge in [0, 0.05) is 11.1 Å². The molecular formula is C23H24N4O5. The number of hydrogen-bond donors (Lipinski definition) is 1. The number of aromatic nitrogens is 2. The summed E-state index contributed by atoms with van der Waals surface area (Å²) in [4.78, 5) is 21.0. The molecule has 0 bridgehead atoms. The van der Waals surface area contributed by atoms with Gasteiger partial charge < -0.3 is 18.9 Å². The maximum Gasteiger partial charge on any atom is 0.291 e. The molecule has 0 saturated carbocycles. The lowest BCUT2D eigenvalue weighted by atomic mass is 10.1. The highest BCUT2D eigenvalue weighted by Crippen LogP contribution is 2.37. The van der Waals surface area contributed by atoms with Gasteiger partial charge >= 0.3 is 0 Å². The highest BCUT2D eigenvalue weighted by molar-refractivity contribution is 5.93. The molecule has 1 amide bonds. The fraction of sp³-hybridized carbons (Fsp3) is 0.217. The van der Waals surface area contributed by atoms with Gasteiger partial charge in [0.25, 0.3) is 5.91 Å². The first-order chi connectivity index (χ1) is 15.6. The quantitative estimate of drug-likeness (QED) is 0.405. The average molecular weight is 436 g/mol. The van der Waals surface area contributed by atoms with Crippen molar-refractivity contribution in [2.75, 3.05) is 27.9 Å². The van der Waals surface area contributed by atoms with Crippen LogP contribution in [-0.4, -0.2) is 50.0 Å². The van der Waals surface area contributed by atoms with Crippen LogP contribution in [0.2, 0.25) is 0 Å². The number of benzene rings is 2. The van der Waals surface area contributed by atoms with Crippen molar-refractivity contribution in [3.05, 3.63) is 60.0 Å². The SMILES string of the molecule is CCOc1ccc(-c2cncc(C(=O)NN=Cc3cc(OC)c(OC)c(OC)c3)n2)cc1.